The van der Waals surface area contributed by atoms with E-state index in [2.05, 4.69) is 14.9 Å². The maximum atomic E-state index is 13.1. The van der Waals surface area contributed by atoms with E-state index in [-0.39, 0.29) is 5.02 Å². The predicted octanol–water partition coefficient (Wildman–Crippen LogP) is 2.75. The molecule has 0 aliphatic rings. The largest absolute Gasteiger partial charge is 0.327 e. The average Bonchev–Trinajstić information content (AvgIpc) is 2.67. The number of imidazole rings is 1. The van der Waals surface area contributed by atoms with Crippen LogP contribution in [0.2, 0.25) is 5.02 Å². The van der Waals surface area contributed by atoms with Crippen LogP contribution in [-0.2, 0) is 13.1 Å². The molecule has 0 atom stereocenters. The van der Waals surface area contributed by atoms with Gasteiger partial charge in [0, 0.05) is 19.3 Å². The first-order valence-electron chi connectivity index (χ1n) is 5.71. The summed E-state index contributed by atoms with van der Waals surface area (Å²) in [5.74, 6) is 0.541. The van der Waals surface area contributed by atoms with Gasteiger partial charge in [0.2, 0.25) is 0 Å². The summed E-state index contributed by atoms with van der Waals surface area (Å²) in [5, 5.41) is 3.25. The summed E-state index contributed by atoms with van der Waals surface area (Å²) in [6.45, 7) is 3.34. The Hall–Kier alpha value is -1.39. The maximum absolute atomic E-state index is 13.1. The van der Waals surface area contributed by atoms with Gasteiger partial charge in [-0.2, -0.15) is 0 Å². The van der Waals surface area contributed by atoms with Crippen LogP contribution in [0.3, 0.4) is 0 Å². The van der Waals surface area contributed by atoms with Gasteiger partial charge in [-0.3, -0.25) is 0 Å². The van der Waals surface area contributed by atoms with Crippen molar-refractivity contribution in [3.63, 3.8) is 0 Å². The first-order chi connectivity index (χ1) is 8.61. The lowest BCUT2D eigenvalue weighted by Crippen LogP contribution is -2.13. The first-order valence-corrected chi connectivity index (χ1v) is 6.09. The van der Waals surface area contributed by atoms with E-state index in [0.29, 0.717) is 6.54 Å². The van der Waals surface area contributed by atoms with E-state index in [1.807, 2.05) is 20.2 Å². The number of halogens is 2. The molecule has 0 aliphatic carbocycles. The number of nitrogens with zero attached hydrogens (tertiary/aromatic N) is 2. The van der Waals surface area contributed by atoms with E-state index >= 15 is 0 Å². The summed E-state index contributed by atoms with van der Waals surface area (Å²) in [6.07, 6.45) is 1.84. The Labute approximate surface area is 111 Å². The van der Waals surface area contributed by atoms with Crippen LogP contribution >= 0.6 is 11.6 Å². The van der Waals surface area contributed by atoms with Crippen LogP contribution in [0.1, 0.15) is 17.1 Å². The van der Waals surface area contributed by atoms with Crippen LogP contribution in [0.5, 0.6) is 0 Å². The molecule has 1 aromatic heterocycles. The second kappa shape index (κ2) is 5.50. The van der Waals surface area contributed by atoms with Crippen LogP contribution in [0.4, 0.5) is 4.39 Å². The lowest BCUT2D eigenvalue weighted by molar-refractivity contribution is 0.625. The summed E-state index contributed by atoms with van der Waals surface area (Å²) < 4.78 is 15.2. The third kappa shape index (κ3) is 2.71. The number of benzene rings is 1. The van der Waals surface area contributed by atoms with Crippen LogP contribution in [0.15, 0.2) is 24.4 Å². The molecule has 2 aromatic rings. The van der Waals surface area contributed by atoms with Gasteiger partial charge < -0.3 is 9.88 Å². The Kier molecular flexibility index (Phi) is 3.99. The number of hydrogen-bond acceptors (Lipinski definition) is 2. The minimum Gasteiger partial charge on any atom is -0.327 e. The average molecular weight is 268 g/mol. The molecule has 0 fully saturated rings. The van der Waals surface area contributed by atoms with Gasteiger partial charge in [-0.05, 0) is 31.7 Å². The van der Waals surface area contributed by atoms with Crippen LogP contribution in [0, 0.1) is 12.7 Å². The monoisotopic (exact) mass is 267 g/mol. The summed E-state index contributed by atoms with van der Waals surface area (Å²) in [6, 6.07) is 4.78. The van der Waals surface area contributed by atoms with Crippen molar-refractivity contribution >= 4 is 11.6 Å². The van der Waals surface area contributed by atoms with E-state index in [1.54, 1.807) is 12.1 Å². The van der Waals surface area contributed by atoms with E-state index in [1.165, 1.54) is 6.07 Å². The summed E-state index contributed by atoms with van der Waals surface area (Å²) in [4.78, 5) is 4.29. The highest BCUT2D eigenvalue weighted by molar-refractivity contribution is 6.30. The summed E-state index contributed by atoms with van der Waals surface area (Å²) in [7, 11) is 1.89. The normalized spacial score (nSPS) is 10.9. The molecule has 0 bridgehead atoms. The van der Waals surface area contributed by atoms with Gasteiger partial charge in [0.15, 0.2) is 0 Å². The SMILES string of the molecule is CNCc1cnc(C)n1Cc1ccc(F)c(Cl)c1. The van der Waals surface area contributed by atoms with Crippen molar-refractivity contribution in [2.75, 3.05) is 7.05 Å². The van der Waals surface area contributed by atoms with Crippen molar-refractivity contribution in [2.45, 2.75) is 20.0 Å². The minimum absolute atomic E-state index is 0.153. The molecule has 3 nitrogen and oxygen atoms in total. The Bertz CT molecular complexity index is 551. The third-order valence-corrected chi connectivity index (χ3v) is 3.11. The minimum atomic E-state index is -0.391. The first kappa shape index (κ1) is 13.1. The highest BCUT2D eigenvalue weighted by Crippen LogP contribution is 2.18. The van der Waals surface area contributed by atoms with Gasteiger partial charge in [0.1, 0.15) is 11.6 Å². The second-order valence-corrected chi connectivity index (χ2v) is 4.57. The molecular formula is C13H15ClFN3. The molecule has 0 amide bonds. The zero-order valence-corrected chi connectivity index (χ0v) is 11.1. The van der Waals surface area contributed by atoms with Crippen molar-refractivity contribution in [3.8, 4) is 0 Å². The van der Waals surface area contributed by atoms with E-state index in [0.717, 1.165) is 23.6 Å². The number of rotatable bonds is 4. The van der Waals surface area contributed by atoms with Crippen LogP contribution < -0.4 is 5.32 Å². The Morgan fingerprint density at radius 3 is 2.89 bits per heavy atom. The van der Waals surface area contributed by atoms with Gasteiger partial charge in [-0.1, -0.05) is 17.7 Å². The fourth-order valence-corrected chi connectivity index (χ4v) is 2.08. The zero-order valence-electron chi connectivity index (χ0n) is 10.4. The fourth-order valence-electron chi connectivity index (χ4n) is 1.87. The topological polar surface area (TPSA) is 29.9 Å². The molecule has 1 heterocycles. The molecule has 96 valence electrons. The van der Waals surface area contributed by atoms with Crippen molar-refractivity contribution < 1.29 is 4.39 Å². The standard InChI is InChI=1S/C13H15ClFN3/c1-9-17-7-11(6-16-2)18(9)8-10-3-4-13(15)12(14)5-10/h3-5,7,16H,6,8H2,1-2H3. The maximum Gasteiger partial charge on any atom is 0.141 e. The molecule has 0 radical (unpaired) electrons. The predicted molar refractivity (Wildman–Crippen MR) is 70.2 cm³/mol. The smallest absolute Gasteiger partial charge is 0.141 e. The van der Waals surface area contributed by atoms with E-state index < -0.39 is 5.82 Å². The number of hydrogen-bond donors (Lipinski definition) is 1. The molecule has 1 aromatic carbocycles. The van der Waals surface area contributed by atoms with Gasteiger partial charge >= 0.3 is 0 Å². The molecule has 0 saturated heterocycles. The molecule has 0 saturated carbocycles. The zero-order chi connectivity index (χ0) is 13.1. The molecular weight excluding hydrogens is 253 g/mol. The van der Waals surface area contributed by atoms with Crippen LogP contribution in [0.25, 0.3) is 0 Å². The van der Waals surface area contributed by atoms with Crippen LogP contribution in [-0.4, -0.2) is 16.6 Å². The molecule has 2 rings (SSSR count). The Morgan fingerprint density at radius 1 is 1.44 bits per heavy atom. The molecule has 18 heavy (non-hydrogen) atoms. The van der Waals surface area contributed by atoms with Crippen molar-refractivity contribution in [1.29, 1.82) is 0 Å². The van der Waals surface area contributed by atoms with E-state index in [4.69, 9.17) is 11.6 Å². The van der Waals surface area contributed by atoms with Gasteiger partial charge in [-0.15, -0.1) is 0 Å². The fraction of sp³-hybridized carbons (Fsp3) is 0.308. The molecule has 0 spiro atoms. The van der Waals surface area contributed by atoms with Crippen molar-refractivity contribution in [2.24, 2.45) is 0 Å². The highest BCUT2D eigenvalue weighted by Gasteiger charge is 2.08. The quantitative estimate of drug-likeness (QED) is 0.923. The van der Waals surface area contributed by atoms with Gasteiger partial charge in [-0.25, -0.2) is 9.37 Å². The van der Waals surface area contributed by atoms with Crippen molar-refractivity contribution in [3.05, 3.63) is 52.3 Å². The third-order valence-electron chi connectivity index (χ3n) is 2.82. The van der Waals surface area contributed by atoms with Gasteiger partial charge in [0.25, 0.3) is 0 Å². The molecule has 1 N–H and O–H groups in total. The second-order valence-electron chi connectivity index (χ2n) is 4.16. The van der Waals surface area contributed by atoms with Crippen molar-refractivity contribution in [1.82, 2.24) is 14.9 Å². The number of aryl methyl sites for hydroxylation is 1. The highest BCUT2D eigenvalue weighted by atomic mass is 35.5. The van der Waals surface area contributed by atoms with Gasteiger partial charge in [0.05, 0.1) is 10.7 Å². The lowest BCUT2D eigenvalue weighted by atomic mass is 10.2. The molecule has 5 heteroatoms. The Morgan fingerprint density at radius 2 is 2.22 bits per heavy atom. The molecule has 0 aliphatic heterocycles. The summed E-state index contributed by atoms with van der Waals surface area (Å²) >= 11 is 5.78. The lowest BCUT2D eigenvalue weighted by Gasteiger charge is -2.10. The van der Waals surface area contributed by atoms with E-state index in [9.17, 15) is 4.39 Å². The molecule has 0 unspecified atom stereocenters. The Balaban J connectivity index is 2.27. The number of nitrogens with one attached hydrogen (secondary N) is 1. The summed E-state index contributed by atoms with van der Waals surface area (Å²) in [5.41, 5.74) is 2.05. The number of aromatic nitrogens is 2.